The average Bonchev–Trinajstić information content (AvgIpc) is 2.71. The van der Waals surface area contributed by atoms with Crippen LogP contribution in [-0.2, 0) is 9.53 Å². The molecule has 0 saturated carbocycles. The van der Waals surface area contributed by atoms with E-state index in [0.29, 0.717) is 34.1 Å². The number of ether oxygens (including phenoxy) is 4. The van der Waals surface area contributed by atoms with Crippen LogP contribution >= 0.6 is 0 Å². The summed E-state index contributed by atoms with van der Waals surface area (Å²) in [5.41, 5.74) is 1.56. The van der Waals surface area contributed by atoms with Gasteiger partial charge in [-0.15, -0.1) is 0 Å². The zero-order valence-electron chi connectivity index (χ0n) is 16.3. The molecular weight excluding hydrogens is 362 g/mol. The maximum atomic E-state index is 12.2. The first-order chi connectivity index (χ1) is 13.5. The van der Waals surface area contributed by atoms with Crippen molar-refractivity contribution in [2.24, 2.45) is 0 Å². The third kappa shape index (κ3) is 5.26. The largest absolute Gasteiger partial charge is 0.493 e. The van der Waals surface area contributed by atoms with Gasteiger partial charge in [0.1, 0.15) is 0 Å². The predicted molar refractivity (Wildman–Crippen MR) is 106 cm³/mol. The first-order valence-electron chi connectivity index (χ1n) is 8.58. The van der Waals surface area contributed by atoms with E-state index in [1.54, 1.807) is 49.4 Å². The van der Waals surface area contributed by atoms with Crippen molar-refractivity contribution < 1.29 is 28.5 Å². The van der Waals surface area contributed by atoms with Crippen molar-refractivity contribution in [1.29, 1.82) is 0 Å². The second-order valence-corrected chi connectivity index (χ2v) is 5.58. The Balaban J connectivity index is 2.14. The van der Waals surface area contributed by atoms with Crippen molar-refractivity contribution in [3.63, 3.8) is 0 Å². The van der Waals surface area contributed by atoms with E-state index in [-0.39, 0.29) is 12.5 Å². The summed E-state index contributed by atoms with van der Waals surface area (Å²) in [4.78, 5) is 24.0. The first kappa shape index (κ1) is 20.8. The molecule has 0 atom stereocenters. The molecule has 0 spiro atoms. The van der Waals surface area contributed by atoms with Gasteiger partial charge in [0, 0.05) is 11.8 Å². The molecule has 0 fully saturated rings. The molecule has 2 aromatic carbocycles. The summed E-state index contributed by atoms with van der Waals surface area (Å²) < 4.78 is 20.8. The number of nitrogens with one attached hydrogen (secondary N) is 1. The van der Waals surface area contributed by atoms with E-state index >= 15 is 0 Å². The van der Waals surface area contributed by atoms with Crippen molar-refractivity contribution >= 4 is 23.6 Å². The van der Waals surface area contributed by atoms with Crippen LogP contribution in [0.2, 0.25) is 0 Å². The van der Waals surface area contributed by atoms with Crippen LogP contribution in [-0.4, -0.2) is 39.8 Å². The Hall–Kier alpha value is -3.48. The van der Waals surface area contributed by atoms with E-state index < -0.39 is 5.97 Å². The predicted octanol–water partition coefficient (Wildman–Crippen LogP) is 3.54. The smallest absolute Gasteiger partial charge is 0.338 e. The van der Waals surface area contributed by atoms with E-state index in [0.717, 1.165) is 0 Å². The number of hydrogen-bond donors (Lipinski definition) is 1. The van der Waals surface area contributed by atoms with E-state index in [1.807, 2.05) is 0 Å². The van der Waals surface area contributed by atoms with Gasteiger partial charge in [0.15, 0.2) is 11.5 Å². The molecule has 0 aliphatic heterocycles. The summed E-state index contributed by atoms with van der Waals surface area (Å²) in [6, 6.07) is 10.0. The Morgan fingerprint density at radius 1 is 1.00 bits per heavy atom. The summed E-state index contributed by atoms with van der Waals surface area (Å²) in [5.74, 6) is 0.664. The fraction of sp³-hybridized carbons (Fsp3) is 0.238. The standard InChI is InChI=1S/C21H23NO6/c1-5-28-21(24)15-7-6-8-16(13-15)22-19(23)10-9-14-11-17(25-2)20(27-4)18(12-14)26-3/h6-13H,5H2,1-4H3,(H,22,23). The third-order valence-electron chi connectivity index (χ3n) is 3.76. The second kappa shape index (κ2) is 10.0. The summed E-state index contributed by atoms with van der Waals surface area (Å²) >= 11 is 0. The molecule has 0 aromatic heterocycles. The molecule has 0 aliphatic rings. The van der Waals surface area contributed by atoms with Crippen molar-refractivity contribution in [2.75, 3.05) is 33.3 Å². The number of esters is 1. The maximum absolute atomic E-state index is 12.2. The minimum atomic E-state index is -0.438. The van der Waals surface area contributed by atoms with Gasteiger partial charge in [-0.2, -0.15) is 0 Å². The normalized spacial score (nSPS) is 10.4. The fourth-order valence-corrected chi connectivity index (χ4v) is 2.49. The average molecular weight is 385 g/mol. The molecule has 1 N–H and O–H groups in total. The molecule has 0 saturated heterocycles. The second-order valence-electron chi connectivity index (χ2n) is 5.58. The number of methoxy groups -OCH3 is 3. The number of carbonyl (C=O) groups excluding carboxylic acids is 2. The maximum Gasteiger partial charge on any atom is 0.338 e. The van der Waals surface area contributed by atoms with Crippen LogP contribution in [0.3, 0.4) is 0 Å². The van der Waals surface area contributed by atoms with Crippen LogP contribution in [0.1, 0.15) is 22.8 Å². The Kier molecular flexibility index (Phi) is 7.45. The zero-order chi connectivity index (χ0) is 20.5. The molecule has 0 bridgehead atoms. The summed E-state index contributed by atoms with van der Waals surface area (Å²) in [7, 11) is 4.57. The van der Waals surface area contributed by atoms with Gasteiger partial charge < -0.3 is 24.3 Å². The lowest BCUT2D eigenvalue weighted by Gasteiger charge is -2.12. The number of anilines is 1. The summed E-state index contributed by atoms with van der Waals surface area (Å²) in [6.07, 6.45) is 2.99. The molecule has 0 heterocycles. The molecule has 0 aliphatic carbocycles. The van der Waals surface area contributed by atoms with Crippen LogP contribution in [0, 0.1) is 0 Å². The number of rotatable bonds is 8. The van der Waals surface area contributed by atoms with E-state index in [1.165, 1.54) is 27.4 Å². The van der Waals surface area contributed by atoms with Crippen molar-refractivity contribution in [3.05, 3.63) is 53.6 Å². The van der Waals surface area contributed by atoms with Crippen LogP contribution in [0.4, 0.5) is 5.69 Å². The van der Waals surface area contributed by atoms with E-state index in [2.05, 4.69) is 5.32 Å². The highest BCUT2D eigenvalue weighted by molar-refractivity contribution is 6.02. The van der Waals surface area contributed by atoms with Gasteiger partial charge in [0.25, 0.3) is 0 Å². The number of amides is 1. The highest BCUT2D eigenvalue weighted by Crippen LogP contribution is 2.38. The molecule has 28 heavy (non-hydrogen) atoms. The first-order valence-corrected chi connectivity index (χ1v) is 8.58. The fourth-order valence-electron chi connectivity index (χ4n) is 2.49. The summed E-state index contributed by atoms with van der Waals surface area (Å²) in [5, 5.41) is 2.71. The summed E-state index contributed by atoms with van der Waals surface area (Å²) in [6.45, 7) is 2.02. The topological polar surface area (TPSA) is 83.1 Å². The van der Waals surface area contributed by atoms with E-state index in [9.17, 15) is 9.59 Å². The van der Waals surface area contributed by atoms with Gasteiger partial charge in [0.05, 0.1) is 33.5 Å². The third-order valence-corrected chi connectivity index (χ3v) is 3.76. The molecule has 7 nitrogen and oxygen atoms in total. The lowest BCUT2D eigenvalue weighted by atomic mass is 10.1. The van der Waals surface area contributed by atoms with Gasteiger partial charge in [-0.05, 0) is 48.9 Å². The van der Waals surface area contributed by atoms with Crippen LogP contribution < -0.4 is 19.5 Å². The van der Waals surface area contributed by atoms with Gasteiger partial charge in [-0.1, -0.05) is 6.07 Å². The van der Waals surface area contributed by atoms with Gasteiger partial charge in [-0.25, -0.2) is 4.79 Å². The highest BCUT2D eigenvalue weighted by Gasteiger charge is 2.12. The van der Waals surface area contributed by atoms with Crippen molar-refractivity contribution in [1.82, 2.24) is 0 Å². The zero-order valence-corrected chi connectivity index (χ0v) is 16.3. The van der Waals surface area contributed by atoms with Crippen LogP contribution in [0.25, 0.3) is 6.08 Å². The Morgan fingerprint density at radius 2 is 1.68 bits per heavy atom. The van der Waals surface area contributed by atoms with Gasteiger partial charge in [-0.3, -0.25) is 4.79 Å². The molecule has 0 radical (unpaired) electrons. The molecule has 1 amide bonds. The van der Waals surface area contributed by atoms with E-state index in [4.69, 9.17) is 18.9 Å². The quantitative estimate of drug-likeness (QED) is 0.553. The number of carbonyl (C=O) groups is 2. The van der Waals surface area contributed by atoms with Gasteiger partial charge in [0.2, 0.25) is 11.7 Å². The van der Waals surface area contributed by atoms with Crippen molar-refractivity contribution in [3.8, 4) is 17.2 Å². The molecule has 7 heteroatoms. The number of benzene rings is 2. The minimum Gasteiger partial charge on any atom is -0.493 e. The lowest BCUT2D eigenvalue weighted by Crippen LogP contribution is -2.09. The monoisotopic (exact) mass is 385 g/mol. The molecule has 2 rings (SSSR count). The van der Waals surface area contributed by atoms with Crippen molar-refractivity contribution in [2.45, 2.75) is 6.92 Å². The minimum absolute atomic E-state index is 0.285. The molecule has 0 unspecified atom stereocenters. The molecular formula is C21H23NO6. The highest BCUT2D eigenvalue weighted by atomic mass is 16.5. The van der Waals surface area contributed by atoms with Gasteiger partial charge >= 0.3 is 5.97 Å². The Morgan fingerprint density at radius 3 is 2.25 bits per heavy atom. The molecule has 2 aromatic rings. The van der Waals surface area contributed by atoms with Crippen LogP contribution in [0.15, 0.2) is 42.5 Å². The Labute approximate surface area is 163 Å². The lowest BCUT2D eigenvalue weighted by molar-refractivity contribution is -0.111. The Bertz CT molecular complexity index is 850. The van der Waals surface area contributed by atoms with Crippen LogP contribution in [0.5, 0.6) is 17.2 Å². The molecule has 148 valence electrons. The number of hydrogen-bond acceptors (Lipinski definition) is 6. The SMILES string of the molecule is CCOC(=O)c1cccc(NC(=O)C=Cc2cc(OC)c(OC)c(OC)c2)c1.